The van der Waals surface area contributed by atoms with Crippen LogP contribution in [0.4, 0.5) is 0 Å². The standard InChI is InChI=1S/C29H33NO6S/c1-21(2)23-6-8-24(9-7-23)25-5-3-4-22(20-25)14-17-36-26-10-12-27(13-11-26)37(33,34)29(28(31)30-32)15-18-35-19-16-29/h3-13,20-21,32H,14-19H2,1-2H3,(H,30,31). The summed E-state index contributed by atoms with van der Waals surface area (Å²) in [6, 6.07) is 23.0. The van der Waals surface area contributed by atoms with Crippen molar-refractivity contribution in [3.05, 3.63) is 83.9 Å². The highest BCUT2D eigenvalue weighted by Gasteiger charge is 2.52. The van der Waals surface area contributed by atoms with E-state index in [1.807, 2.05) is 6.07 Å². The Labute approximate surface area is 218 Å². The number of hydrogen-bond acceptors (Lipinski definition) is 6. The SMILES string of the molecule is CC(C)c1ccc(-c2cccc(CCOc3ccc(S(=O)(=O)C4(C(=O)NO)CCOCC4)cc3)c2)cc1. The predicted molar refractivity (Wildman–Crippen MR) is 142 cm³/mol. The van der Waals surface area contributed by atoms with Gasteiger partial charge in [0.25, 0.3) is 5.91 Å². The molecule has 1 saturated heterocycles. The number of nitrogens with one attached hydrogen (secondary N) is 1. The molecule has 0 saturated carbocycles. The number of amides is 1. The maximum absolute atomic E-state index is 13.4. The van der Waals surface area contributed by atoms with E-state index in [9.17, 15) is 18.4 Å². The highest BCUT2D eigenvalue weighted by Crippen LogP contribution is 2.36. The van der Waals surface area contributed by atoms with Gasteiger partial charge < -0.3 is 9.47 Å². The molecule has 0 atom stereocenters. The minimum Gasteiger partial charge on any atom is -0.493 e. The molecule has 0 spiro atoms. The van der Waals surface area contributed by atoms with Crippen molar-refractivity contribution in [2.75, 3.05) is 19.8 Å². The van der Waals surface area contributed by atoms with Crippen molar-refractivity contribution in [2.24, 2.45) is 0 Å². The van der Waals surface area contributed by atoms with Gasteiger partial charge in [0.15, 0.2) is 14.6 Å². The van der Waals surface area contributed by atoms with Crippen LogP contribution < -0.4 is 10.2 Å². The summed E-state index contributed by atoms with van der Waals surface area (Å²) < 4.78 is 36.1. The normalized spacial score (nSPS) is 15.4. The van der Waals surface area contributed by atoms with Gasteiger partial charge in [0.05, 0.1) is 11.5 Å². The van der Waals surface area contributed by atoms with Crippen molar-refractivity contribution in [2.45, 2.75) is 48.7 Å². The lowest BCUT2D eigenvalue weighted by Gasteiger charge is -2.34. The molecule has 8 heteroatoms. The first-order chi connectivity index (χ1) is 17.8. The Morgan fingerprint density at radius 3 is 2.30 bits per heavy atom. The molecule has 1 aliphatic heterocycles. The zero-order valence-corrected chi connectivity index (χ0v) is 22.0. The Morgan fingerprint density at radius 1 is 1.00 bits per heavy atom. The van der Waals surface area contributed by atoms with E-state index in [1.54, 1.807) is 12.1 Å². The van der Waals surface area contributed by atoms with E-state index in [4.69, 9.17) is 9.47 Å². The van der Waals surface area contributed by atoms with Crippen molar-refractivity contribution in [1.82, 2.24) is 5.48 Å². The van der Waals surface area contributed by atoms with Crippen LogP contribution >= 0.6 is 0 Å². The number of hydrogen-bond donors (Lipinski definition) is 2. The number of carbonyl (C=O) groups is 1. The molecular weight excluding hydrogens is 490 g/mol. The summed E-state index contributed by atoms with van der Waals surface area (Å²) in [6.45, 7) is 5.04. The first kappa shape index (κ1) is 26.9. The summed E-state index contributed by atoms with van der Waals surface area (Å²) in [5.74, 6) is 0.0935. The van der Waals surface area contributed by atoms with Crippen LogP contribution in [-0.2, 0) is 25.8 Å². The smallest absolute Gasteiger partial charge is 0.265 e. The molecule has 3 aromatic rings. The first-order valence-electron chi connectivity index (χ1n) is 12.5. The predicted octanol–water partition coefficient (Wildman–Crippen LogP) is 4.93. The van der Waals surface area contributed by atoms with Gasteiger partial charge in [-0.15, -0.1) is 0 Å². The summed E-state index contributed by atoms with van der Waals surface area (Å²) in [6.07, 6.45) is 0.638. The van der Waals surface area contributed by atoms with E-state index >= 15 is 0 Å². The quantitative estimate of drug-likeness (QED) is 0.305. The van der Waals surface area contributed by atoms with E-state index in [0.29, 0.717) is 24.7 Å². The fourth-order valence-corrected chi connectivity index (χ4v) is 6.55. The van der Waals surface area contributed by atoms with Crippen molar-refractivity contribution >= 4 is 15.7 Å². The molecule has 7 nitrogen and oxygen atoms in total. The average Bonchev–Trinajstić information content (AvgIpc) is 2.93. The van der Waals surface area contributed by atoms with E-state index in [1.165, 1.54) is 28.7 Å². The maximum atomic E-state index is 13.4. The van der Waals surface area contributed by atoms with Crippen LogP contribution in [0.1, 0.15) is 43.7 Å². The minimum absolute atomic E-state index is 0.00142. The maximum Gasteiger partial charge on any atom is 0.265 e. The molecule has 1 heterocycles. The van der Waals surface area contributed by atoms with Crippen LogP contribution in [0.25, 0.3) is 11.1 Å². The third-order valence-corrected chi connectivity index (χ3v) is 9.48. The highest BCUT2D eigenvalue weighted by molar-refractivity contribution is 7.93. The number of ether oxygens (including phenoxy) is 2. The second kappa shape index (κ2) is 11.5. The first-order valence-corrected chi connectivity index (χ1v) is 13.9. The zero-order valence-electron chi connectivity index (χ0n) is 21.1. The molecule has 0 aromatic heterocycles. The van der Waals surface area contributed by atoms with Gasteiger partial charge in [-0.25, -0.2) is 13.9 Å². The van der Waals surface area contributed by atoms with Gasteiger partial charge in [0.1, 0.15) is 5.75 Å². The second-order valence-corrected chi connectivity index (χ2v) is 11.9. The van der Waals surface area contributed by atoms with Gasteiger partial charge in [-0.3, -0.25) is 10.0 Å². The molecule has 2 N–H and O–H groups in total. The van der Waals surface area contributed by atoms with Crippen LogP contribution in [0, 0.1) is 0 Å². The Bertz CT molecular complexity index is 1310. The van der Waals surface area contributed by atoms with Crippen LogP contribution in [0.2, 0.25) is 0 Å². The van der Waals surface area contributed by atoms with Crippen molar-refractivity contribution < 1.29 is 27.9 Å². The molecule has 1 amide bonds. The van der Waals surface area contributed by atoms with Gasteiger partial charge >= 0.3 is 0 Å². The Morgan fingerprint density at radius 2 is 1.68 bits per heavy atom. The van der Waals surface area contributed by atoms with E-state index in [0.717, 1.165) is 11.1 Å². The molecule has 0 unspecified atom stereocenters. The molecule has 0 aliphatic carbocycles. The van der Waals surface area contributed by atoms with Crippen LogP contribution in [0.3, 0.4) is 0 Å². The summed E-state index contributed by atoms with van der Waals surface area (Å²) in [5, 5.41) is 9.19. The number of hydroxylamine groups is 1. The number of rotatable bonds is 9. The summed E-state index contributed by atoms with van der Waals surface area (Å²) in [4.78, 5) is 12.4. The Balaban J connectivity index is 1.40. The fourth-order valence-electron chi connectivity index (χ4n) is 4.62. The largest absolute Gasteiger partial charge is 0.493 e. The number of benzene rings is 3. The van der Waals surface area contributed by atoms with Crippen molar-refractivity contribution in [3.63, 3.8) is 0 Å². The topological polar surface area (TPSA) is 102 Å². The van der Waals surface area contributed by atoms with E-state index < -0.39 is 20.5 Å². The molecule has 1 aliphatic rings. The van der Waals surface area contributed by atoms with Crippen molar-refractivity contribution in [3.8, 4) is 16.9 Å². The summed E-state index contributed by atoms with van der Waals surface area (Å²) in [5.41, 5.74) is 6.30. The third kappa shape index (κ3) is 5.71. The molecule has 1 fully saturated rings. The van der Waals surface area contributed by atoms with Crippen LogP contribution in [-0.4, -0.2) is 44.1 Å². The monoisotopic (exact) mass is 523 g/mol. The van der Waals surface area contributed by atoms with Gasteiger partial charge in [0.2, 0.25) is 0 Å². The van der Waals surface area contributed by atoms with Crippen LogP contribution in [0.5, 0.6) is 5.75 Å². The lowest BCUT2D eigenvalue weighted by molar-refractivity contribution is -0.134. The minimum atomic E-state index is -4.06. The van der Waals surface area contributed by atoms with Crippen LogP contribution in [0.15, 0.2) is 77.7 Å². The molecule has 0 bridgehead atoms. The fraction of sp³-hybridized carbons (Fsp3) is 0.345. The molecular formula is C29H33NO6S. The Kier molecular flexibility index (Phi) is 8.32. The number of sulfone groups is 1. The Hall–Kier alpha value is -3.20. The lowest BCUT2D eigenvalue weighted by atomic mass is 9.97. The molecule has 4 rings (SSSR count). The highest BCUT2D eigenvalue weighted by atomic mass is 32.2. The summed E-state index contributed by atoms with van der Waals surface area (Å²) in [7, 11) is -4.06. The van der Waals surface area contributed by atoms with Gasteiger partial charge in [-0.2, -0.15) is 0 Å². The van der Waals surface area contributed by atoms with Gasteiger partial charge in [-0.05, 0) is 65.3 Å². The molecule has 3 aromatic carbocycles. The molecule has 37 heavy (non-hydrogen) atoms. The number of carbonyl (C=O) groups excluding carboxylic acids is 1. The molecule has 196 valence electrons. The summed E-state index contributed by atoms with van der Waals surface area (Å²) >= 11 is 0. The van der Waals surface area contributed by atoms with E-state index in [2.05, 4.69) is 56.3 Å². The third-order valence-electron chi connectivity index (χ3n) is 6.96. The lowest BCUT2D eigenvalue weighted by Crippen LogP contribution is -2.54. The van der Waals surface area contributed by atoms with Crippen molar-refractivity contribution in [1.29, 1.82) is 0 Å². The van der Waals surface area contributed by atoms with Gasteiger partial charge in [0, 0.05) is 19.6 Å². The average molecular weight is 524 g/mol. The zero-order chi connectivity index (χ0) is 26.5. The molecule has 0 radical (unpaired) electrons. The second-order valence-electron chi connectivity index (χ2n) is 9.60. The van der Waals surface area contributed by atoms with E-state index in [-0.39, 0.29) is 31.0 Å². The van der Waals surface area contributed by atoms with Gasteiger partial charge in [-0.1, -0.05) is 62.4 Å².